The number of carbonyl (C=O) groups is 1. The van der Waals surface area contributed by atoms with Gasteiger partial charge in [-0.1, -0.05) is 23.7 Å². The van der Waals surface area contributed by atoms with Gasteiger partial charge in [-0.15, -0.1) is 0 Å². The van der Waals surface area contributed by atoms with Gasteiger partial charge < -0.3 is 15.7 Å². The lowest BCUT2D eigenvalue weighted by atomic mass is 10.1. The van der Waals surface area contributed by atoms with Crippen LogP contribution in [-0.2, 0) is 6.42 Å². The fourth-order valence-corrected chi connectivity index (χ4v) is 1.53. The van der Waals surface area contributed by atoms with Crippen LogP contribution in [-0.4, -0.2) is 30.3 Å². The molecule has 0 aliphatic rings. The Balaban J connectivity index is 2.21. The third kappa shape index (κ3) is 6.14. The largest absolute Gasteiger partial charge is 0.392 e. The van der Waals surface area contributed by atoms with Gasteiger partial charge in [0, 0.05) is 18.1 Å². The van der Waals surface area contributed by atoms with E-state index in [1.54, 1.807) is 6.92 Å². The molecule has 4 nitrogen and oxygen atoms in total. The Bertz CT molecular complexity index is 369. The highest BCUT2D eigenvalue weighted by Gasteiger charge is 2.01. The second kappa shape index (κ2) is 7.14. The standard InChI is InChI=1S/C12H17ClN2O2/c1-9(16)8-15-12(17)14-6-5-10-3-2-4-11(13)7-10/h2-4,7,9,16H,5-6,8H2,1H3,(H2,14,15,17). The van der Waals surface area contributed by atoms with Crippen molar-refractivity contribution in [2.24, 2.45) is 0 Å². The topological polar surface area (TPSA) is 61.4 Å². The first-order valence-corrected chi connectivity index (χ1v) is 5.90. The SMILES string of the molecule is CC(O)CNC(=O)NCCc1cccc(Cl)c1. The summed E-state index contributed by atoms with van der Waals surface area (Å²) in [5.74, 6) is 0. The van der Waals surface area contributed by atoms with E-state index in [1.165, 1.54) is 0 Å². The Morgan fingerprint density at radius 3 is 2.88 bits per heavy atom. The van der Waals surface area contributed by atoms with Crippen LogP contribution in [0.15, 0.2) is 24.3 Å². The molecule has 0 heterocycles. The van der Waals surface area contributed by atoms with Crippen LogP contribution < -0.4 is 10.6 Å². The quantitative estimate of drug-likeness (QED) is 0.749. The monoisotopic (exact) mass is 256 g/mol. The molecule has 0 saturated heterocycles. The summed E-state index contributed by atoms with van der Waals surface area (Å²) in [6.45, 7) is 2.40. The molecule has 1 atom stereocenters. The van der Waals surface area contributed by atoms with Crippen LogP contribution in [0.25, 0.3) is 0 Å². The molecule has 0 aliphatic carbocycles. The number of carbonyl (C=O) groups excluding carboxylic acids is 1. The van der Waals surface area contributed by atoms with Crippen molar-refractivity contribution in [1.29, 1.82) is 0 Å². The molecule has 94 valence electrons. The average Bonchev–Trinajstić information content (AvgIpc) is 2.26. The van der Waals surface area contributed by atoms with Gasteiger partial charge in [0.15, 0.2) is 0 Å². The number of nitrogens with one attached hydrogen (secondary N) is 2. The first-order valence-electron chi connectivity index (χ1n) is 5.52. The summed E-state index contributed by atoms with van der Waals surface area (Å²) < 4.78 is 0. The lowest BCUT2D eigenvalue weighted by Gasteiger charge is -2.09. The maximum absolute atomic E-state index is 11.2. The molecular weight excluding hydrogens is 240 g/mol. The molecule has 0 aromatic heterocycles. The average molecular weight is 257 g/mol. The van der Waals surface area contributed by atoms with E-state index < -0.39 is 6.10 Å². The molecule has 0 saturated carbocycles. The zero-order valence-corrected chi connectivity index (χ0v) is 10.5. The molecule has 3 N–H and O–H groups in total. The van der Waals surface area contributed by atoms with Crippen molar-refractivity contribution in [3.05, 3.63) is 34.9 Å². The second-order valence-electron chi connectivity index (χ2n) is 3.87. The molecule has 1 rings (SSSR count). The van der Waals surface area contributed by atoms with Crippen molar-refractivity contribution < 1.29 is 9.90 Å². The normalized spacial score (nSPS) is 11.9. The summed E-state index contributed by atoms with van der Waals surface area (Å²) in [7, 11) is 0. The molecule has 2 amide bonds. The van der Waals surface area contributed by atoms with Crippen molar-refractivity contribution in [3.8, 4) is 0 Å². The highest BCUT2D eigenvalue weighted by atomic mass is 35.5. The fraction of sp³-hybridized carbons (Fsp3) is 0.417. The number of aliphatic hydroxyl groups excluding tert-OH is 1. The van der Waals surface area contributed by atoms with Gasteiger partial charge in [-0.2, -0.15) is 0 Å². The Labute approximate surface area is 106 Å². The molecule has 0 bridgehead atoms. The fourth-order valence-electron chi connectivity index (χ4n) is 1.32. The van der Waals surface area contributed by atoms with Crippen molar-refractivity contribution in [2.75, 3.05) is 13.1 Å². The predicted molar refractivity (Wildman–Crippen MR) is 68.2 cm³/mol. The molecule has 0 fully saturated rings. The van der Waals surface area contributed by atoms with Crippen molar-refractivity contribution >= 4 is 17.6 Å². The number of aliphatic hydroxyl groups is 1. The highest BCUT2D eigenvalue weighted by molar-refractivity contribution is 6.30. The zero-order chi connectivity index (χ0) is 12.7. The molecule has 1 aromatic carbocycles. The Morgan fingerprint density at radius 2 is 2.24 bits per heavy atom. The van der Waals surface area contributed by atoms with Crippen molar-refractivity contribution in [1.82, 2.24) is 10.6 Å². The van der Waals surface area contributed by atoms with Crippen LogP contribution in [0.1, 0.15) is 12.5 Å². The van der Waals surface area contributed by atoms with Gasteiger partial charge in [0.05, 0.1) is 6.10 Å². The van der Waals surface area contributed by atoms with E-state index in [2.05, 4.69) is 10.6 Å². The van der Waals surface area contributed by atoms with Crippen LogP contribution in [0.2, 0.25) is 5.02 Å². The summed E-state index contributed by atoms with van der Waals surface area (Å²) in [6.07, 6.45) is 0.191. The molecule has 0 radical (unpaired) electrons. The lowest BCUT2D eigenvalue weighted by molar-refractivity contribution is 0.187. The minimum Gasteiger partial charge on any atom is -0.392 e. The first-order chi connectivity index (χ1) is 8.08. The van der Waals surface area contributed by atoms with Gasteiger partial charge in [0.25, 0.3) is 0 Å². The number of rotatable bonds is 5. The molecule has 5 heteroatoms. The summed E-state index contributed by atoms with van der Waals surface area (Å²) in [5, 5.41) is 14.9. The third-order valence-electron chi connectivity index (χ3n) is 2.15. The minimum atomic E-state index is -0.534. The van der Waals surface area contributed by atoms with Gasteiger partial charge in [0.2, 0.25) is 0 Å². The van der Waals surface area contributed by atoms with E-state index in [9.17, 15) is 4.79 Å². The second-order valence-corrected chi connectivity index (χ2v) is 4.30. The Morgan fingerprint density at radius 1 is 1.47 bits per heavy atom. The third-order valence-corrected chi connectivity index (χ3v) is 2.38. The summed E-state index contributed by atoms with van der Waals surface area (Å²) in [6, 6.07) is 7.25. The van der Waals surface area contributed by atoms with E-state index in [0.29, 0.717) is 11.6 Å². The smallest absolute Gasteiger partial charge is 0.314 e. The number of benzene rings is 1. The van der Waals surface area contributed by atoms with E-state index in [1.807, 2.05) is 24.3 Å². The van der Waals surface area contributed by atoms with Crippen LogP contribution in [0.5, 0.6) is 0 Å². The maximum atomic E-state index is 11.2. The van der Waals surface area contributed by atoms with Crippen LogP contribution in [0.4, 0.5) is 4.79 Å². The van der Waals surface area contributed by atoms with E-state index >= 15 is 0 Å². The summed E-state index contributed by atoms with van der Waals surface area (Å²) in [5.41, 5.74) is 1.08. The molecule has 0 spiro atoms. The molecule has 1 unspecified atom stereocenters. The number of amides is 2. The summed E-state index contributed by atoms with van der Waals surface area (Å²) in [4.78, 5) is 11.2. The molecule has 1 aromatic rings. The van der Waals surface area contributed by atoms with Gasteiger partial charge in [-0.05, 0) is 31.0 Å². The molecular formula is C12H17ClN2O2. The van der Waals surface area contributed by atoms with Crippen LogP contribution in [0, 0.1) is 0 Å². The molecule has 17 heavy (non-hydrogen) atoms. The van der Waals surface area contributed by atoms with E-state index in [4.69, 9.17) is 16.7 Å². The van der Waals surface area contributed by atoms with Crippen molar-refractivity contribution in [2.45, 2.75) is 19.4 Å². The molecule has 0 aliphatic heterocycles. The van der Waals surface area contributed by atoms with E-state index in [0.717, 1.165) is 12.0 Å². The highest BCUT2D eigenvalue weighted by Crippen LogP contribution is 2.10. The summed E-state index contributed by atoms with van der Waals surface area (Å²) >= 11 is 5.84. The predicted octanol–water partition coefficient (Wildman–Crippen LogP) is 1.56. The Kier molecular flexibility index (Phi) is 5.80. The van der Waals surface area contributed by atoms with Gasteiger partial charge in [-0.3, -0.25) is 0 Å². The van der Waals surface area contributed by atoms with Crippen molar-refractivity contribution in [3.63, 3.8) is 0 Å². The van der Waals surface area contributed by atoms with Gasteiger partial charge in [0.1, 0.15) is 0 Å². The Hall–Kier alpha value is -1.26. The van der Waals surface area contributed by atoms with Gasteiger partial charge in [-0.25, -0.2) is 4.79 Å². The number of urea groups is 1. The van der Waals surface area contributed by atoms with Crippen LogP contribution >= 0.6 is 11.6 Å². The number of hydrogen-bond donors (Lipinski definition) is 3. The van der Waals surface area contributed by atoms with Crippen LogP contribution in [0.3, 0.4) is 0 Å². The zero-order valence-electron chi connectivity index (χ0n) is 9.74. The first kappa shape index (κ1) is 13.8. The number of halogens is 1. The minimum absolute atomic E-state index is 0.253. The number of hydrogen-bond acceptors (Lipinski definition) is 2. The van der Waals surface area contributed by atoms with E-state index in [-0.39, 0.29) is 12.6 Å². The lowest BCUT2D eigenvalue weighted by Crippen LogP contribution is -2.39. The van der Waals surface area contributed by atoms with Gasteiger partial charge >= 0.3 is 6.03 Å². The maximum Gasteiger partial charge on any atom is 0.314 e.